The molecule has 3 nitrogen and oxygen atoms in total. The normalized spacial score (nSPS) is 13.6. The van der Waals surface area contributed by atoms with Gasteiger partial charge in [-0.15, -0.1) is 11.8 Å². The minimum atomic E-state index is -1.09. The maximum absolute atomic E-state index is 13.8. The molecule has 3 rings (SSSR count). The maximum Gasteiger partial charge on any atom is 0.256 e. The van der Waals surface area contributed by atoms with Crippen LogP contribution in [-0.4, -0.2) is 17.4 Å². The van der Waals surface area contributed by atoms with Gasteiger partial charge in [0, 0.05) is 28.8 Å². The number of Topliss-reactive ketones (excluding diaryl/α,β-unsaturated/α-hetero) is 1. The van der Waals surface area contributed by atoms with Crippen LogP contribution in [0.25, 0.3) is 0 Å². The number of hydrogen-bond donors (Lipinski definition) is 1. The van der Waals surface area contributed by atoms with Gasteiger partial charge in [-0.25, -0.2) is 13.2 Å². The molecular formula is C16H10F3NO2S. The molecule has 23 heavy (non-hydrogen) atoms. The quantitative estimate of drug-likeness (QED) is 0.900. The zero-order valence-corrected chi connectivity index (χ0v) is 12.5. The second-order valence-electron chi connectivity index (χ2n) is 4.90. The molecule has 0 aliphatic carbocycles. The Kier molecular flexibility index (Phi) is 4.12. The summed E-state index contributed by atoms with van der Waals surface area (Å²) >= 11 is 1.22. The fourth-order valence-corrected chi connectivity index (χ4v) is 3.45. The Balaban J connectivity index is 1.95. The molecule has 2 aromatic carbocycles. The average Bonchev–Trinajstić information content (AvgIpc) is 2.51. The average molecular weight is 337 g/mol. The summed E-state index contributed by atoms with van der Waals surface area (Å²) in [5.74, 6) is -3.28. The first-order valence-electron chi connectivity index (χ1n) is 6.72. The highest BCUT2D eigenvalue weighted by atomic mass is 32.2. The number of benzene rings is 2. The molecule has 1 aliphatic rings. The Morgan fingerprint density at radius 3 is 2.52 bits per heavy atom. The fraction of sp³-hybridized carbons (Fsp3) is 0.125. The molecule has 118 valence electrons. The lowest BCUT2D eigenvalue weighted by molar-refractivity contribution is 0.0980. The number of anilines is 1. The summed E-state index contributed by atoms with van der Waals surface area (Å²) in [5, 5.41) is 2.42. The predicted octanol–water partition coefficient (Wildman–Crippen LogP) is 4.03. The molecule has 1 N–H and O–H groups in total. The van der Waals surface area contributed by atoms with Crippen LogP contribution in [0, 0.1) is 17.5 Å². The first-order chi connectivity index (χ1) is 11.0. The van der Waals surface area contributed by atoms with Crippen molar-refractivity contribution < 1.29 is 22.8 Å². The van der Waals surface area contributed by atoms with Crippen molar-refractivity contribution in [3.05, 3.63) is 58.9 Å². The van der Waals surface area contributed by atoms with Gasteiger partial charge >= 0.3 is 0 Å². The van der Waals surface area contributed by atoms with E-state index in [1.807, 2.05) is 0 Å². The van der Waals surface area contributed by atoms with E-state index in [1.54, 1.807) is 0 Å². The molecule has 1 amide bonds. The van der Waals surface area contributed by atoms with Crippen molar-refractivity contribution in [1.82, 2.24) is 0 Å². The zero-order valence-electron chi connectivity index (χ0n) is 11.7. The molecule has 0 spiro atoms. The summed E-state index contributed by atoms with van der Waals surface area (Å²) in [7, 11) is 0. The van der Waals surface area contributed by atoms with E-state index in [2.05, 4.69) is 5.32 Å². The van der Waals surface area contributed by atoms with Crippen molar-refractivity contribution in [1.29, 1.82) is 0 Å². The van der Waals surface area contributed by atoms with Crippen molar-refractivity contribution in [2.45, 2.75) is 11.3 Å². The molecule has 2 aromatic rings. The van der Waals surface area contributed by atoms with Crippen LogP contribution >= 0.6 is 11.8 Å². The van der Waals surface area contributed by atoms with Gasteiger partial charge in [-0.1, -0.05) is 0 Å². The highest BCUT2D eigenvalue weighted by Gasteiger charge is 2.26. The van der Waals surface area contributed by atoms with E-state index < -0.39 is 23.4 Å². The standard InChI is InChI=1S/C16H10F3NO2S/c17-10-3-1-8(7-12(10)19)20-16(22)9-2-4-11(18)14-13(21)5-6-23-15(9)14/h1-4,7H,5-6H2,(H,20,22). The highest BCUT2D eigenvalue weighted by molar-refractivity contribution is 7.99. The summed E-state index contributed by atoms with van der Waals surface area (Å²) in [4.78, 5) is 24.5. The lowest BCUT2D eigenvalue weighted by atomic mass is 10.0. The number of carbonyl (C=O) groups excluding carboxylic acids is 2. The summed E-state index contributed by atoms with van der Waals surface area (Å²) in [6.07, 6.45) is 0.211. The number of ketones is 1. The SMILES string of the molecule is O=C(Nc1ccc(F)c(F)c1)c1ccc(F)c2c1SCCC2=O. The molecule has 0 saturated carbocycles. The lowest BCUT2D eigenvalue weighted by Gasteiger charge is -2.18. The van der Waals surface area contributed by atoms with Crippen molar-refractivity contribution in [3.8, 4) is 0 Å². The van der Waals surface area contributed by atoms with Gasteiger partial charge in [0.1, 0.15) is 5.82 Å². The maximum atomic E-state index is 13.8. The molecule has 1 aliphatic heterocycles. The van der Waals surface area contributed by atoms with Gasteiger partial charge in [-0.3, -0.25) is 9.59 Å². The van der Waals surface area contributed by atoms with Crippen LogP contribution in [0.5, 0.6) is 0 Å². The van der Waals surface area contributed by atoms with Gasteiger partial charge in [0.25, 0.3) is 5.91 Å². The highest BCUT2D eigenvalue weighted by Crippen LogP contribution is 2.35. The molecule has 0 fully saturated rings. The number of nitrogens with one attached hydrogen (secondary N) is 1. The third kappa shape index (κ3) is 2.96. The number of rotatable bonds is 2. The molecule has 0 aromatic heterocycles. The summed E-state index contributed by atoms with van der Waals surface area (Å²) in [6.45, 7) is 0. The third-order valence-corrected chi connectivity index (χ3v) is 4.50. The van der Waals surface area contributed by atoms with Crippen LogP contribution in [0.1, 0.15) is 27.1 Å². The third-order valence-electron chi connectivity index (χ3n) is 3.38. The molecule has 0 unspecified atom stereocenters. The second-order valence-corrected chi connectivity index (χ2v) is 6.01. The smallest absolute Gasteiger partial charge is 0.256 e. The van der Waals surface area contributed by atoms with Crippen LogP contribution in [-0.2, 0) is 0 Å². The van der Waals surface area contributed by atoms with Crippen LogP contribution in [0.3, 0.4) is 0 Å². The number of halogens is 3. The molecule has 1 heterocycles. The van der Waals surface area contributed by atoms with E-state index in [9.17, 15) is 22.8 Å². The molecule has 0 radical (unpaired) electrons. The lowest BCUT2D eigenvalue weighted by Crippen LogP contribution is -2.18. The van der Waals surface area contributed by atoms with Crippen molar-refractivity contribution in [3.63, 3.8) is 0 Å². The van der Waals surface area contributed by atoms with Crippen LogP contribution in [0.4, 0.5) is 18.9 Å². The minimum absolute atomic E-state index is 0.0686. The topological polar surface area (TPSA) is 46.2 Å². The number of fused-ring (bicyclic) bond motifs is 1. The Labute approximate surface area is 133 Å². The van der Waals surface area contributed by atoms with E-state index in [0.717, 1.165) is 18.2 Å². The summed E-state index contributed by atoms with van der Waals surface area (Å²) in [5.41, 5.74) is 0.113. The Hall–Kier alpha value is -2.28. The van der Waals surface area contributed by atoms with Crippen molar-refractivity contribution in [2.24, 2.45) is 0 Å². The second kappa shape index (κ2) is 6.08. The van der Waals surface area contributed by atoms with Gasteiger partial charge in [0.2, 0.25) is 0 Å². The number of hydrogen-bond acceptors (Lipinski definition) is 3. The van der Waals surface area contributed by atoms with Crippen molar-refractivity contribution in [2.75, 3.05) is 11.1 Å². The van der Waals surface area contributed by atoms with Crippen LogP contribution in [0.15, 0.2) is 35.2 Å². The minimum Gasteiger partial charge on any atom is -0.322 e. The van der Waals surface area contributed by atoms with Crippen LogP contribution < -0.4 is 5.32 Å². The molecule has 0 saturated heterocycles. The Morgan fingerprint density at radius 1 is 1.04 bits per heavy atom. The molecule has 0 atom stereocenters. The number of carbonyl (C=O) groups is 2. The van der Waals surface area contributed by atoms with Gasteiger partial charge in [0.05, 0.1) is 11.1 Å². The van der Waals surface area contributed by atoms with E-state index in [1.165, 1.54) is 23.9 Å². The predicted molar refractivity (Wildman–Crippen MR) is 80.4 cm³/mol. The van der Waals surface area contributed by atoms with Gasteiger partial charge < -0.3 is 5.32 Å². The summed E-state index contributed by atoms with van der Waals surface area (Å²) in [6, 6.07) is 5.28. The molecule has 7 heteroatoms. The van der Waals surface area contributed by atoms with Crippen LogP contribution in [0.2, 0.25) is 0 Å². The summed E-state index contributed by atoms with van der Waals surface area (Å²) < 4.78 is 39.9. The molecular weight excluding hydrogens is 327 g/mol. The van der Waals surface area contributed by atoms with Gasteiger partial charge in [-0.05, 0) is 24.3 Å². The first kappa shape index (κ1) is 15.6. The van der Waals surface area contributed by atoms with E-state index >= 15 is 0 Å². The van der Waals surface area contributed by atoms with E-state index in [-0.39, 0.29) is 33.9 Å². The monoisotopic (exact) mass is 337 g/mol. The van der Waals surface area contributed by atoms with Gasteiger partial charge in [0.15, 0.2) is 17.4 Å². The largest absolute Gasteiger partial charge is 0.322 e. The van der Waals surface area contributed by atoms with Gasteiger partial charge in [-0.2, -0.15) is 0 Å². The Morgan fingerprint density at radius 2 is 1.78 bits per heavy atom. The van der Waals surface area contributed by atoms with E-state index in [0.29, 0.717) is 5.75 Å². The fourth-order valence-electron chi connectivity index (χ4n) is 2.29. The molecule has 0 bridgehead atoms. The number of amides is 1. The number of thioether (sulfide) groups is 1. The van der Waals surface area contributed by atoms with E-state index in [4.69, 9.17) is 0 Å². The van der Waals surface area contributed by atoms with Crippen molar-refractivity contribution >= 4 is 29.1 Å². The Bertz CT molecular complexity index is 823. The first-order valence-corrected chi connectivity index (χ1v) is 7.71. The zero-order chi connectivity index (χ0) is 16.6.